The number of nitrogens with two attached hydrogens (primary N) is 2. The van der Waals surface area contributed by atoms with Crippen molar-refractivity contribution >= 4 is 0 Å². The number of aliphatic hydroxyl groups excluding tert-OH is 1. The molecule has 0 aromatic carbocycles. The Morgan fingerprint density at radius 3 is 2.27 bits per heavy atom. The second-order valence-electron chi connectivity index (χ2n) is 16.1. The first-order valence-electron chi connectivity index (χ1n) is 19.3. The van der Waals surface area contributed by atoms with Gasteiger partial charge in [-0.3, -0.25) is 0 Å². The molecule has 4 rings (SSSR count). The summed E-state index contributed by atoms with van der Waals surface area (Å²) in [6.45, 7) is 15.1. The average Bonchev–Trinajstić information content (AvgIpc) is 3.37. The molecule has 6 nitrogen and oxygen atoms in total. The van der Waals surface area contributed by atoms with Crippen LogP contribution >= 0.6 is 0 Å². The maximum absolute atomic E-state index is 12.1. The van der Waals surface area contributed by atoms with E-state index < -0.39 is 0 Å². The van der Waals surface area contributed by atoms with E-state index in [2.05, 4.69) is 33.0 Å². The first kappa shape index (κ1) is 36.6. The van der Waals surface area contributed by atoms with Crippen molar-refractivity contribution in [3.63, 3.8) is 0 Å². The Kier molecular flexibility index (Phi) is 14.8. The van der Waals surface area contributed by atoms with Crippen LogP contribution in [0.4, 0.5) is 0 Å². The molecule has 11 atom stereocenters. The molecule has 0 aromatic heterocycles. The van der Waals surface area contributed by atoms with E-state index in [1.807, 2.05) is 0 Å². The van der Waals surface area contributed by atoms with E-state index in [4.69, 9.17) is 20.9 Å². The van der Waals surface area contributed by atoms with Crippen LogP contribution in [-0.2, 0) is 9.47 Å². The zero-order valence-corrected chi connectivity index (χ0v) is 29.4. The van der Waals surface area contributed by atoms with Crippen molar-refractivity contribution in [2.45, 2.75) is 155 Å². The lowest BCUT2D eigenvalue weighted by atomic mass is 9.43. The average molecular weight is 620 g/mol. The van der Waals surface area contributed by atoms with Gasteiger partial charge in [0.1, 0.15) is 0 Å². The quantitative estimate of drug-likeness (QED) is 0.109. The summed E-state index contributed by atoms with van der Waals surface area (Å²) >= 11 is 0. The smallest absolute Gasteiger partial charge is 0.0611 e. The van der Waals surface area contributed by atoms with Crippen molar-refractivity contribution in [2.75, 3.05) is 39.4 Å². The Morgan fingerprint density at radius 2 is 1.52 bits per heavy atom. The second kappa shape index (κ2) is 17.8. The largest absolute Gasteiger partial charge is 0.393 e. The Hall–Kier alpha value is -0.240. The summed E-state index contributed by atoms with van der Waals surface area (Å²) in [5, 5.41) is 15.9. The predicted octanol–water partition coefficient (Wildman–Crippen LogP) is 7.06. The zero-order valence-electron chi connectivity index (χ0n) is 29.4. The maximum Gasteiger partial charge on any atom is 0.0611 e. The van der Waals surface area contributed by atoms with E-state index in [1.54, 1.807) is 0 Å². The van der Waals surface area contributed by atoms with Crippen molar-refractivity contribution in [2.24, 2.45) is 57.8 Å². The lowest BCUT2D eigenvalue weighted by Crippen LogP contribution is -2.62. The van der Waals surface area contributed by atoms with E-state index >= 15 is 0 Å². The molecule has 0 radical (unpaired) electrons. The number of unbranched alkanes of at least 4 members (excludes halogenated alkanes) is 5. The first-order chi connectivity index (χ1) is 21.3. The number of rotatable bonds is 20. The summed E-state index contributed by atoms with van der Waals surface area (Å²) in [5.74, 6) is 3.48. The number of hydrogen-bond acceptors (Lipinski definition) is 6. The number of hydrogen-bond donors (Lipinski definition) is 4. The SMILES string of the molecule is CCCCCCCCNCCCC(C)C1CC[C@H]2C3[C@H](OCCCN)CC4C[C@H](OCCCN)CCC4(C)[C@H]3C[C@H](O)C12C. The molecule has 4 aliphatic carbocycles. The minimum absolute atomic E-state index is 0.00624. The molecule has 258 valence electrons. The number of aliphatic hydroxyl groups is 1. The molecule has 6 heteroatoms. The third-order valence-electron chi connectivity index (χ3n) is 13.6. The summed E-state index contributed by atoms with van der Waals surface area (Å²) in [7, 11) is 0. The molecule has 0 heterocycles. The standard InChI is InChI=1S/C38H73N3O3/c1-5-6-7-8-9-10-21-41-22-11-14-28(2)31-15-16-32-36-33(27-35(42)38(31,32)4)37(3)18-17-30(43-23-12-19-39)25-29(37)26-34(36)44-24-13-20-40/h28-36,41-42H,5-27,39-40H2,1-4H3/t28?,29?,30-,31?,32+,33+,34-,35+,36?,37?,38?/m1/s1. The Labute approximate surface area is 271 Å². The predicted molar refractivity (Wildman–Crippen MR) is 183 cm³/mol. The fourth-order valence-corrected chi connectivity index (χ4v) is 11.0. The summed E-state index contributed by atoms with van der Waals surface area (Å²) in [6.07, 6.45) is 21.1. The molecule has 6 unspecified atom stereocenters. The molecule has 44 heavy (non-hydrogen) atoms. The second-order valence-corrected chi connectivity index (χ2v) is 16.1. The van der Waals surface area contributed by atoms with Crippen molar-refractivity contribution in [1.82, 2.24) is 5.32 Å². The minimum atomic E-state index is -0.215. The Balaban J connectivity index is 1.38. The molecule has 0 aliphatic heterocycles. The van der Waals surface area contributed by atoms with Gasteiger partial charge in [0, 0.05) is 13.2 Å². The van der Waals surface area contributed by atoms with E-state index in [1.165, 1.54) is 70.6 Å². The number of nitrogens with one attached hydrogen (secondary N) is 1. The molecule has 4 saturated carbocycles. The molecule has 6 N–H and O–H groups in total. The zero-order chi connectivity index (χ0) is 31.6. The molecule has 0 amide bonds. The molecular formula is C38H73N3O3. The van der Waals surface area contributed by atoms with Gasteiger partial charge in [0.25, 0.3) is 0 Å². The Morgan fingerprint density at radius 1 is 0.818 bits per heavy atom. The fourth-order valence-electron chi connectivity index (χ4n) is 11.0. The van der Waals surface area contributed by atoms with Gasteiger partial charge < -0.3 is 31.4 Å². The van der Waals surface area contributed by atoms with Crippen molar-refractivity contribution in [3.05, 3.63) is 0 Å². The normalized spacial score (nSPS) is 39.1. The van der Waals surface area contributed by atoms with Gasteiger partial charge in [0.2, 0.25) is 0 Å². The molecule has 0 aromatic rings. The molecule has 0 spiro atoms. The monoisotopic (exact) mass is 620 g/mol. The van der Waals surface area contributed by atoms with E-state index in [9.17, 15) is 5.11 Å². The fraction of sp³-hybridized carbons (Fsp3) is 1.00. The molecular weight excluding hydrogens is 546 g/mol. The summed E-state index contributed by atoms with van der Waals surface area (Å²) in [4.78, 5) is 0. The lowest BCUT2D eigenvalue weighted by Gasteiger charge is -2.64. The van der Waals surface area contributed by atoms with Crippen LogP contribution in [0.5, 0.6) is 0 Å². The summed E-state index contributed by atoms with van der Waals surface area (Å²) in [5.41, 5.74) is 11.9. The minimum Gasteiger partial charge on any atom is -0.393 e. The van der Waals surface area contributed by atoms with Gasteiger partial charge in [-0.25, -0.2) is 0 Å². The highest BCUT2D eigenvalue weighted by molar-refractivity contribution is 5.14. The number of fused-ring (bicyclic) bond motifs is 5. The summed E-state index contributed by atoms with van der Waals surface area (Å²) < 4.78 is 13.1. The molecule has 0 saturated heterocycles. The molecule has 4 fully saturated rings. The van der Waals surface area contributed by atoms with E-state index in [0.717, 1.165) is 64.8 Å². The van der Waals surface area contributed by atoms with Crippen LogP contribution in [0.2, 0.25) is 0 Å². The van der Waals surface area contributed by atoms with Crippen molar-refractivity contribution in [3.8, 4) is 0 Å². The van der Waals surface area contributed by atoms with Gasteiger partial charge in [-0.1, -0.05) is 59.8 Å². The van der Waals surface area contributed by atoms with Gasteiger partial charge >= 0.3 is 0 Å². The summed E-state index contributed by atoms with van der Waals surface area (Å²) in [6, 6.07) is 0. The van der Waals surface area contributed by atoms with Gasteiger partial charge in [-0.05, 0) is 150 Å². The Bertz CT molecular complexity index is 814. The highest BCUT2D eigenvalue weighted by Crippen LogP contribution is 2.68. The molecule has 4 aliphatic rings. The van der Waals surface area contributed by atoms with Crippen LogP contribution in [-0.4, -0.2) is 62.8 Å². The van der Waals surface area contributed by atoms with E-state index in [-0.39, 0.29) is 23.0 Å². The van der Waals surface area contributed by atoms with Crippen LogP contribution in [0.15, 0.2) is 0 Å². The first-order valence-corrected chi connectivity index (χ1v) is 19.3. The maximum atomic E-state index is 12.1. The van der Waals surface area contributed by atoms with Gasteiger partial charge in [-0.15, -0.1) is 0 Å². The topological polar surface area (TPSA) is 103 Å². The molecule has 0 bridgehead atoms. The van der Waals surface area contributed by atoms with Crippen LogP contribution in [0.25, 0.3) is 0 Å². The number of ether oxygens (including phenoxy) is 2. The van der Waals surface area contributed by atoms with Gasteiger partial charge in [0.05, 0.1) is 18.3 Å². The van der Waals surface area contributed by atoms with Crippen LogP contribution in [0.3, 0.4) is 0 Å². The van der Waals surface area contributed by atoms with Crippen LogP contribution in [0, 0.1) is 46.3 Å². The highest BCUT2D eigenvalue weighted by atomic mass is 16.5. The van der Waals surface area contributed by atoms with Crippen molar-refractivity contribution < 1.29 is 14.6 Å². The van der Waals surface area contributed by atoms with Crippen molar-refractivity contribution in [1.29, 1.82) is 0 Å². The van der Waals surface area contributed by atoms with Gasteiger partial charge in [-0.2, -0.15) is 0 Å². The van der Waals surface area contributed by atoms with Crippen LogP contribution in [0.1, 0.15) is 137 Å². The lowest BCUT2D eigenvalue weighted by molar-refractivity contribution is -0.218. The highest BCUT2D eigenvalue weighted by Gasteiger charge is 2.66. The third kappa shape index (κ3) is 8.42. The van der Waals surface area contributed by atoms with E-state index in [0.29, 0.717) is 54.7 Å². The van der Waals surface area contributed by atoms with Crippen LogP contribution < -0.4 is 16.8 Å². The van der Waals surface area contributed by atoms with Gasteiger partial charge in [0.15, 0.2) is 0 Å². The third-order valence-corrected chi connectivity index (χ3v) is 13.6.